The Labute approximate surface area is 123 Å². The number of hydrogen-bond donors (Lipinski definition) is 0. The lowest BCUT2D eigenvalue weighted by Crippen LogP contribution is -2.31. The van der Waals surface area contributed by atoms with Crippen LogP contribution in [-0.4, -0.2) is 22.4 Å². The molecule has 0 spiro atoms. The van der Waals surface area contributed by atoms with Crippen LogP contribution in [0.25, 0.3) is 10.9 Å². The Morgan fingerprint density at radius 1 is 1.32 bits per heavy atom. The van der Waals surface area contributed by atoms with Crippen LogP contribution in [0, 0.1) is 0 Å². The lowest BCUT2D eigenvalue weighted by molar-refractivity contribution is 0.609. The van der Waals surface area contributed by atoms with E-state index in [-0.39, 0.29) is 0 Å². The van der Waals surface area contributed by atoms with Gasteiger partial charge >= 0.3 is 0 Å². The van der Waals surface area contributed by atoms with Gasteiger partial charge in [0, 0.05) is 22.8 Å². The first-order valence-corrected chi connectivity index (χ1v) is 7.92. The standard InChI is InChI=1S/C16H19BrN2/c1-12(17)11-14-6-4-10-19(14)16-9-8-13-5-2-3-7-15(13)18-16/h2-3,5,7-9,12,14H,4,6,10-11H2,1H3. The van der Waals surface area contributed by atoms with Crippen LogP contribution in [0.15, 0.2) is 36.4 Å². The summed E-state index contributed by atoms with van der Waals surface area (Å²) in [6.07, 6.45) is 3.75. The van der Waals surface area contributed by atoms with Crippen LogP contribution in [0.2, 0.25) is 0 Å². The quantitative estimate of drug-likeness (QED) is 0.781. The van der Waals surface area contributed by atoms with Gasteiger partial charge in [-0.25, -0.2) is 4.98 Å². The molecule has 1 aliphatic heterocycles. The summed E-state index contributed by atoms with van der Waals surface area (Å²) in [5.74, 6) is 1.13. The number of benzene rings is 1. The highest BCUT2D eigenvalue weighted by Gasteiger charge is 2.26. The Kier molecular flexibility index (Phi) is 3.74. The van der Waals surface area contributed by atoms with Gasteiger partial charge < -0.3 is 4.90 Å². The molecule has 0 N–H and O–H groups in total. The molecule has 0 radical (unpaired) electrons. The Bertz CT molecular complexity index is 567. The molecule has 100 valence electrons. The predicted molar refractivity (Wildman–Crippen MR) is 85.1 cm³/mol. The molecule has 3 heteroatoms. The first-order chi connectivity index (χ1) is 9.24. The van der Waals surface area contributed by atoms with Crippen molar-refractivity contribution in [2.75, 3.05) is 11.4 Å². The zero-order valence-corrected chi connectivity index (χ0v) is 12.8. The van der Waals surface area contributed by atoms with Gasteiger partial charge in [0.25, 0.3) is 0 Å². The number of rotatable bonds is 3. The number of pyridine rings is 1. The van der Waals surface area contributed by atoms with Crippen LogP contribution >= 0.6 is 15.9 Å². The zero-order valence-electron chi connectivity index (χ0n) is 11.2. The molecule has 1 aromatic carbocycles. The zero-order chi connectivity index (χ0) is 13.2. The number of para-hydroxylation sites is 1. The lowest BCUT2D eigenvalue weighted by atomic mass is 10.1. The van der Waals surface area contributed by atoms with Crippen molar-refractivity contribution in [1.29, 1.82) is 0 Å². The molecule has 0 bridgehead atoms. The summed E-state index contributed by atoms with van der Waals surface area (Å²) < 4.78 is 0. The fourth-order valence-electron chi connectivity index (χ4n) is 2.97. The van der Waals surface area contributed by atoms with Crippen LogP contribution < -0.4 is 4.90 Å². The van der Waals surface area contributed by atoms with Gasteiger partial charge in [0.1, 0.15) is 5.82 Å². The van der Waals surface area contributed by atoms with E-state index >= 15 is 0 Å². The van der Waals surface area contributed by atoms with Crippen molar-refractivity contribution < 1.29 is 0 Å². The van der Waals surface area contributed by atoms with Crippen LogP contribution in [-0.2, 0) is 0 Å². The first kappa shape index (κ1) is 12.9. The second-order valence-corrected chi connectivity index (χ2v) is 6.93. The molecule has 2 unspecified atom stereocenters. The first-order valence-electron chi connectivity index (χ1n) is 7.00. The fraction of sp³-hybridized carbons (Fsp3) is 0.438. The fourth-order valence-corrected chi connectivity index (χ4v) is 3.40. The summed E-state index contributed by atoms with van der Waals surface area (Å²) in [6, 6.07) is 13.3. The molecule has 2 atom stereocenters. The van der Waals surface area contributed by atoms with E-state index in [0.717, 1.165) is 17.9 Å². The highest BCUT2D eigenvalue weighted by Crippen LogP contribution is 2.29. The Balaban J connectivity index is 1.90. The molecule has 1 aromatic heterocycles. The van der Waals surface area contributed by atoms with Crippen molar-refractivity contribution >= 4 is 32.7 Å². The minimum Gasteiger partial charge on any atom is -0.354 e. The molecule has 1 aliphatic rings. The van der Waals surface area contributed by atoms with Crippen molar-refractivity contribution in [2.24, 2.45) is 0 Å². The van der Waals surface area contributed by atoms with E-state index in [2.05, 4.69) is 64.2 Å². The van der Waals surface area contributed by atoms with E-state index in [9.17, 15) is 0 Å². The number of aromatic nitrogens is 1. The van der Waals surface area contributed by atoms with Gasteiger partial charge in [0.2, 0.25) is 0 Å². The predicted octanol–water partition coefficient (Wildman–Crippen LogP) is 4.38. The number of halogens is 1. The molecule has 0 amide bonds. The second kappa shape index (κ2) is 5.49. The maximum atomic E-state index is 4.83. The number of hydrogen-bond acceptors (Lipinski definition) is 2. The molecule has 0 aliphatic carbocycles. The smallest absolute Gasteiger partial charge is 0.129 e. The van der Waals surface area contributed by atoms with E-state index in [4.69, 9.17) is 4.98 Å². The van der Waals surface area contributed by atoms with Gasteiger partial charge in [-0.1, -0.05) is 41.1 Å². The van der Waals surface area contributed by atoms with E-state index in [0.29, 0.717) is 10.9 Å². The van der Waals surface area contributed by atoms with Gasteiger partial charge in [-0.3, -0.25) is 0 Å². The number of anilines is 1. The summed E-state index contributed by atoms with van der Waals surface area (Å²) in [5, 5.41) is 1.22. The monoisotopic (exact) mass is 318 g/mol. The largest absolute Gasteiger partial charge is 0.354 e. The third-order valence-corrected chi connectivity index (χ3v) is 4.23. The van der Waals surface area contributed by atoms with Gasteiger partial charge in [0.05, 0.1) is 5.52 Å². The molecule has 1 fully saturated rings. The summed E-state index contributed by atoms with van der Waals surface area (Å²) in [6.45, 7) is 3.36. The molecule has 19 heavy (non-hydrogen) atoms. The minimum absolute atomic E-state index is 0.568. The highest BCUT2D eigenvalue weighted by molar-refractivity contribution is 9.09. The average Bonchev–Trinajstić information content (AvgIpc) is 2.85. The Hall–Kier alpha value is -1.09. The third-order valence-electron chi connectivity index (χ3n) is 3.85. The lowest BCUT2D eigenvalue weighted by Gasteiger charge is -2.26. The van der Waals surface area contributed by atoms with E-state index in [1.807, 2.05) is 0 Å². The van der Waals surface area contributed by atoms with Crippen molar-refractivity contribution in [3.63, 3.8) is 0 Å². The van der Waals surface area contributed by atoms with Gasteiger partial charge in [-0.05, 0) is 37.5 Å². The van der Waals surface area contributed by atoms with Crippen LogP contribution in [0.3, 0.4) is 0 Å². The van der Waals surface area contributed by atoms with Gasteiger partial charge in [0.15, 0.2) is 0 Å². The Morgan fingerprint density at radius 3 is 3.00 bits per heavy atom. The highest BCUT2D eigenvalue weighted by atomic mass is 79.9. The maximum absolute atomic E-state index is 4.83. The van der Waals surface area contributed by atoms with Crippen LogP contribution in [0.1, 0.15) is 26.2 Å². The topological polar surface area (TPSA) is 16.1 Å². The summed E-state index contributed by atoms with van der Waals surface area (Å²) in [5.41, 5.74) is 1.09. The minimum atomic E-state index is 0.568. The van der Waals surface area contributed by atoms with Crippen LogP contribution in [0.4, 0.5) is 5.82 Å². The van der Waals surface area contributed by atoms with Crippen molar-refractivity contribution in [2.45, 2.75) is 37.1 Å². The molecular formula is C16H19BrN2. The molecule has 2 nitrogen and oxygen atoms in total. The van der Waals surface area contributed by atoms with Crippen molar-refractivity contribution in [3.05, 3.63) is 36.4 Å². The summed E-state index contributed by atoms with van der Waals surface area (Å²) in [4.78, 5) is 7.87. The third kappa shape index (κ3) is 2.76. The summed E-state index contributed by atoms with van der Waals surface area (Å²) >= 11 is 3.68. The maximum Gasteiger partial charge on any atom is 0.129 e. The molecule has 0 saturated carbocycles. The normalized spacial score (nSPS) is 20.9. The number of fused-ring (bicyclic) bond motifs is 1. The molecule has 1 saturated heterocycles. The van der Waals surface area contributed by atoms with Gasteiger partial charge in [-0.15, -0.1) is 0 Å². The average molecular weight is 319 g/mol. The molecular weight excluding hydrogens is 300 g/mol. The molecule has 3 rings (SSSR count). The number of nitrogens with zero attached hydrogens (tertiary/aromatic N) is 2. The van der Waals surface area contributed by atoms with E-state index < -0.39 is 0 Å². The van der Waals surface area contributed by atoms with E-state index in [1.54, 1.807) is 0 Å². The molecule has 2 aromatic rings. The SMILES string of the molecule is CC(Br)CC1CCCN1c1ccc2ccccc2n1. The summed E-state index contributed by atoms with van der Waals surface area (Å²) in [7, 11) is 0. The van der Waals surface area contributed by atoms with Crippen molar-refractivity contribution in [3.8, 4) is 0 Å². The molecule has 2 heterocycles. The van der Waals surface area contributed by atoms with E-state index in [1.165, 1.54) is 24.6 Å². The number of alkyl halides is 1. The Morgan fingerprint density at radius 2 is 2.16 bits per heavy atom. The second-order valence-electron chi connectivity index (χ2n) is 5.37. The van der Waals surface area contributed by atoms with Crippen molar-refractivity contribution in [1.82, 2.24) is 4.98 Å². The van der Waals surface area contributed by atoms with Gasteiger partial charge in [-0.2, -0.15) is 0 Å². The van der Waals surface area contributed by atoms with Crippen LogP contribution in [0.5, 0.6) is 0 Å².